The first-order valence-electron chi connectivity index (χ1n) is 8.49. The summed E-state index contributed by atoms with van der Waals surface area (Å²) in [7, 11) is 1.61. The van der Waals surface area contributed by atoms with E-state index >= 15 is 0 Å². The number of carbonyl (C=O) groups excluding carboxylic acids is 1. The van der Waals surface area contributed by atoms with Crippen LogP contribution in [0.5, 0.6) is 5.75 Å². The van der Waals surface area contributed by atoms with Crippen molar-refractivity contribution in [2.45, 2.75) is 26.3 Å². The van der Waals surface area contributed by atoms with E-state index in [1.807, 2.05) is 48.5 Å². The molecule has 0 spiro atoms. The van der Waals surface area contributed by atoms with E-state index in [1.54, 1.807) is 7.11 Å². The van der Waals surface area contributed by atoms with E-state index in [-0.39, 0.29) is 12.5 Å². The van der Waals surface area contributed by atoms with Crippen LogP contribution in [0.25, 0.3) is 11.4 Å². The number of ether oxygens (including phenoxy) is 1. The molecular weight excluding hydrogens is 330 g/mol. The highest BCUT2D eigenvalue weighted by molar-refractivity contribution is 5.78. The normalized spacial score (nSPS) is 10.5. The molecule has 0 aliphatic heterocycles. The van der Waals surface area contributed by atoms with Crippen LogP contribution in [-0.4, -0.2) is 23.2 Å². The highest BCUT2D eigenvalue weighted by Crippen LogP contribution is 2.19. The fraction of sp³-hybridized carbons (Fsp3) is 0.250. The maximum atomic E-state index is 12.1. The summed E-state index contributed by atoms with van der Waals surface area (Å²) in [5, 5.41) is 6.75. The van der Waals surface area contributed by atoms with E-state index in [0.717, 1.165) is 23.3 Å². The summed E-state index contributed by atoms with van der Waals surface area (Å²) in [6.07, 6.45) is 1.31. The Kier molecular flexibility index (Phi) is 5.63. The van der Waals surface area contributed by atoms with Gasteiger partial charge < -0.3 is 14.6 Å². The van der Waals surface area contributed by atoms with Crippen LogP contribution in [0.2, 0.25) is 0 Å². The number of carbonyl (C=O) groups is 1. The molecule has 0 bridgehead atoms. The Bertz CT molecular complexity index is 855. The van der Waals surface area contributed by atoms with Crippen molar-refractivity contribution in [3.05, 3.63) is 65.5 Å². The van der Waals surface area contributed by atoms with Gasteiger partial charge >= 0.3 is 0 Å². The SMILES string of the molecule is CCc1ccc(CC(=O)NCc2nc(-c3ccc(OC)cc3)no2)cc1. The third-order valence-corrected chi connectivity index (χ3v) is 4.05. The Hall–Kier alpha value is -3.15. The lowest BCUT2D eigenvalue weighted by Crippen LogP contribution is -2.24. The number of methoxy groups -OCH3 is 1. The molecule has 1 N–H and O–H groups in total. The van der Waals surface area contributed by atoms with E-state index < -0.39 is 0 Å². The molecule has 1 aromatic heterocycles. The van der Waals surface area contributed by atoms with Crippen LogP contribution in [0.1, 0.15) is 23.9 Å². The van der Waals surface area contributed by atoms with Gasteiger partial charge in [0.2, 0.25) is 17.6 Å². The third kappa shape index (κ3) is 4.47. The van der Waals surface area contributed by atoms with Gasteiger partial charge in [0.05, 0.1) is 20.1 Å². The first-order chi connectivity index (χ1) is 12.7. The van der Waals surface area contributed by atoms with Gasteiger partial charge in [-0.05, 0) is 41.8 Å². The monoisotopic (exact) mass is 351 g/mol. The Morgan fingerprint density at radius 3 is 2.42 bits per heavy atom. The molecule has 26 heavy (non-hydrogen) atoms. The molecule has 6 nitrogen and oxygen atoms in total. The van der Waals surface area contributed by atoms with Crippen LogP contribution in [0, 0.1) is 0 Å². The van der Waals surface area contributed by atoms with Gasteiger partial charge in [0.1, 0.15) is 5.75 Å². The molecule has 0 aliphatic carbocycles. The minimum absolute atomic E-state index is 0.0848. The van der Waals surface area contributed by atoms with E-state index in [0.29, 0.717) is 18.1 Å². The number of aromatic nitrogens is 2. The van der Waals surface area contributed by atoms with Gasteiger partial charge in [0, 0.05) is 5.56 Å². The maximum Gasteiger partial charge on any atom is 0.246 e. The molecule has 0 saturated carbocycles. The van der Waals surface area contributed by atoms with Crippen molar-refractivity contribution in [2.75, 3.05) is 7.11 Å². The van der Waals surface area contributed by atoms with E-state index in [2.05, 4.69) is 22.4 Å². The number of nitrogens with one attached hydrogen (secondary N) is 1. The van der Waals surface area contributed by atoms with Crippen molar-refractivity contribution in [1.82, 2.24) is 15.5 Å². The van der Waals surface area contributed by atoms with Crippen LogP contribution in [0.4, 0.5) is 0 Å². The van der Waals surface area contributed by atoms with Gasteiger partial charge in [0.15, 0.2) is 0 Å². The van der Waals surface area contributed by atoms with Crippen LogP contribution < -0.4 is 10.1 Å². The number of aryl methyl sites for hydroxylation is 1. The quantitative estimate of drug-likeness (QED) is 0.707. The van der Waals surface area contributed by atoms with Crippen molar-refractivity contribution >= 4 is 5.91 Å². The minimum atomic E-state index is -0.0848. The lowest BCUT2D eigenvalue weighted by atomic mass is 10.1. The maximum absolute atomic E-state index is 12.1. The summed E-state index contributed by atoms with van der Waals surface area (Å²) in [4.78, 5) is 16.4. The second-order valence-electron chi connectivity index (χ2n) is 5.86. The second kappa shape index (κ2) is 8.29. The summed E-state index contributed by atoms with van der Waals surface area (Å²) in [5.74, 6) is 1.52. The lowest BCUT2D eigenvalue weighted by molar-refractivity contribution is -0.120. The summed E-state index contributed by atoms with van der Waals surface area (Å²) in [5.41, 5.74) is 3.05. The number of amides is 1. The first-order valence-corrected chi connectivity index (χ1v) is 8.49. The Labute approximate surface area is 152 Å². The van der Waals surface area contributed by atoms with Gasteiger partial charge in [-0.3, -0.25) is 4.79 Å². The number of rotatable bonds is 7. The average molecular weight is 351 g/mol. The van der Waals surface area contributed by atoms with Crippen molar-refractivity contribution in [3.63, 3.8) is 0 Å². The molecule has 3 aromatic rings. The second-order valence-corrected chi connectivity index (χ2v) is 5.86. The van der Waals surface area contributed by atoms with Gasteiger partial charge in [0.25, 0.3) is 0 Å². The average Bonchev–Trinajstić information content (AvgIpc) is 3.16. The fourth-order valence-corrected chi connectivity index (χ4v) is 2.50. The molecule has 1 heterocycles. The van der Waals surface area contributed by atoms with Crippen LogP contribution in [0.3, 0.4) is 0 Å². The highest BCUT2D eigenvalue weighted by atomic mass is 16.5. The molecule has 3 rings (SSSR count). The van der Waals surface area contributed by atoms with Gasteiger partial charge in [-0.1, -0.05) is 36.3 Å². The largest absolute Gasteiger partial charge is 0.497 e. The van der Waals surface area contributed by atoms with Crippen LogP contribution in [-0.2, 0) is 24.2 Å². The fourth-order valence-electron chi connectivity index (χ4n) is 2.50. The number of benzene rings is 2. The topological polar surface area (TPSA) is 77.2 Å². The molecule has 2 aromatic carbocycles. The number of nitrogens with zero attached hydrogens (tertiary/aromatic N) is 2. The van der Waals surface area contributed by atoms with Gasteiger partial charge in [-0.25, -0.2) is 0 Å². The molecule has 1 amide bonds. The van der Waals surface area contributed by atoms with E-state index in [9.17, 15) is 4.79 Å². The Morgan fingerprint density at radius 1 is 1.08 bits per heavy atom. The Morgan fingerprint density at radius 2 is 1.77 bits per heavy atom. The zero-order chi connectivity index (χ0) is 18.4. The summed E-state index contributed by atoms with van der Waals surface area (Å²) < 4.78 is 10.3. The summed E-state index contributed by atoms with van der Waals surface area (Å²) in [6.45, 7) is 2.31. The molecular formula is C20H21N3O3. The molecule has 6 heteroatoms. The predicted octanol–water partition coefficient (Wildman–Crippen LogP) is 3.17. The lowest BCUT2D eigenvalue weighted by Gasteiger charge is -2.03. The third-order valence-electron chi connectivity index (χ3n) is 4.05. The molecule has 0 aliphatic rings. The van der Waals surface area contributed by atoms with Crippen molar-refractivity contribution in [1.29, 1.82) is 0 Å². The molecule has 134 valence electrons. The van der Waals surface area contributed by atoms with Gasteiger partial charge in [-0.2, -0.15) is 4.98 Å². The zero-order valence-corrected chi connectivity index (χ0v) is 14.9. The molecule has 0 atom stereocenters. The molecule has 0 saturated heterocycles. The smallest absolute Gasteiger partial charge is 0.246 e. The van der Waals surface area contributed by atoms with E-state index in [1.165, 1.54) is 5.56 Å². The predicted molar refractivity (Wildman–Crippen MR) is 97.7 cm³/mol. The summed E-state index contributed by atoms with van der Waals surface area (Å²) >= 11 is 0. The number of hydrogen-bond acceptors (Lipinski definition) is 5. The first kappa shape index (κ1) is 17.7. The summed E-state index contributed by atoms with van der Waals surface area (Å²) in [6, 6.07) is 15.4. The standard InChI is InChI=1S/C20H21N3O3/c1-3-14-4-6-15(7-5-14)12-18(24)21-13-19-22-20(23-26-19)16-8-10-17(25-2)11-9-16/h4-11H,3,12-13H2,1-2H3,(H,21,24). The van der Waals surface area contributed by atoms with Crippen LogP contribution >= 0.6 is 0 Å². The minimum Gasteiger partial charge on any atom is -0.497 e. The Balaban J connectivity index is 1.54. The van der Waals surface area contributed by atoms with Crippen molar-refractivity contribution in [2.24, 2.45) is 0 Å². The molecule has 0 unspecified atom stereocenters. The van der Waals surface area contributed by atoms with Crippen molar-refractivity contribution < 1.29 is 14.1 Å². The molecule has 0 radical (unpaired) electrons. The molecule has 0 fully saturated rings. The van der Waals surface area contributed by atoms with E-state index in [4.69, 9.17) is 9.26 Å². The van der Waals surface area contributed by atoms with Crippen molar-refractivity contribution in [3.8, 4) is 17.1 Å². The van der Waals surface area contributed by atoms with Crippen LogP contribution in [0.15, 0.2) is 53.1 Å². The number of hydrogen-bond donors (Lipinski definition) is 1. The highest BCUT2D eigenvalue weighted by Gasteiger charge is 2.10. The van der Waals surface area contributed by atoms with Gasteiger partial charge in [-0.15, -0.1) is 0 Å². The zero-order valence-electron chi connectivity index (χ0n) is 14.9.